The van der Waals surface area contributed by atoms with Gasteiger partial charge in [0, 0.05) is 17.1 Å². The molecule has 1 atom stereocenters. The maximum absolute atomic E-state index is 12.4. The summed E-state index contributed by atoms with van der Waals surface area (Å²) in [6, 6.07) is 12.7. The molecule has 0 saturated carbocycles. The Labute approximate surface area is 135 Å². The molecule has 0 aromatic heterocycles. The Morgan fingerprint density at radius 2 is 1.86 bits per heavy atom. The number of ketones is 1. The molecular formula is C16H11BrN2O3. The van der Waals surface area contributed by atoms with Crippen LogP contribution >= 0.6 is 15.9 Å². The zero-order valence-corrected chi connectivity index (χ0v) is 13.2. The topological polar surface area (TPSA) is 49.9 Å². The number of hydrogen-bond donors (Lipinski definition) is 0. The SMILES string of the molecule is CN1OC(N2C(=O)C(=O)c3ccccc32)c2cc(Br)ccc21. The number of Topliss-reactive ketones (excluding diaryl/α,β-unsaturated/α-hetero) is 1. The average molecular weight is 359 g/mol. The first-order chi connectivity index (χ1) is 10.6. The van der Waals surface area contributed by atoms with Crippen molar-refractivity contribution in [2.45, 2.75) is 6.23 Å². The van der Waals surface area contributed by atoms with Crippen LogP contribution < -0.4 is 9.96 Å². The molecule has 0 aliphatic carbocycles. The number of carbonyl (C=O) groups excluding carboxylic acids is 2. The Balaban J connectivity index is 1.86. The molecule has 0 bridgehead atoms. The van der Waals surface area contributed by atoms with Crippen LogP contribution in [0.25, 0.3) is 0 Å². The van der Waals surface area contributed by atoms with Crippen LogP contribution in [0.4, 0.5) is 11.4 Å². The van der Waals surface area contributed by atoms with Gasteiger partial charge in [0.15, 0.2) is 6.23 Å². The van der Waals surface area contributed by atoms with E-state index in [0.29, 0.717) is 11.3 Å². The van der Waals surface area contributed by atoms with Gasteiger partial charge in [0.1, 0.15) is 0 Å². The zero-order chi connectivity index (χ0) is 15.4. The summed E-state index contributed by atoms with van der Waals surface area (Å²) in [4.78, 5) is 31.8. The van der Waals surface area contributed by atoms with Crippen LogP contribution in [0.3, 0.4) is 0 Å². The van der Waals surface area contributed by atoms with E-state index in [2.05, 4.69) is 15.9 Å². The van der Waals surface area contributed by atoms with Crippen molar-refractivity contribution in [2.24, 2.45) is 0 Å². The molecule has 0 radical (unpaired) electrons. The number of hydrogen-bond acceptors (Lipinski definition) is 4. The Morgan fingerprint density at radius 3 is 2.68 bits per heavy atom. The van der Waals surface area contributed by atoms with E-state index in [1.54, 1.807) is 36.4 Å². The lowest BCUT2D eigenvalue weighted by atomic mass is 10.1. The van der Waals surface area contributed by atoms with E-state index in [0.717, 1.165) is 15.7 Å². The van der Waals surface area contributed by atoms with Crippen LogP contribution in [0.1, 0.15) is 22.1 Å². The van der Waals surface area contributed by atoms with Gasteiger partial charge in [-0.2, -0.15) is 0 Å². The lowest BCUT2D eigenvalue weighted by Crippen LogP contribution is -2.35. The molecule has 0 fully saturated rings. The second-order valence-electron chi connectivity index (χ2n) is 5.18. The molecule has 2 aromatic carbocycles. The molecule has 6 heteroatoms. The number of fused-ring (bicyclic) bond motifs is 2. The third-order valence-electron chi connectivity index (χ3n) is 3.91. The highest BCUT2D eigenvalue weighted by Crippen LogP contribution is 2.44. The molecule has 5 nitrogen and oxygen atoms in total. The maximum atomic E-state index is 12.4. The van der Waals surface area contributed by atoms with E-state index < -0.39 is 17.9 Å². The van der Waals surface area contributed by atoms with Crippen molar-refractivity contribution in [2.75, 3.05) is 17.0 Å². The molecule has 0 N–H and O–H groups in total. The van der Waals surface area contributed by atoms with Gasteiger partial charge in [-0.3, -0.25) is 19.6 Å². The van der Waals surface area contributed by atoms with Crippen LogP contribution in [0.5, 0.6) is 0 Å². The van der Waals surface area contributed by atoms with Gasteiger partial charge < -0.3 is 0 Å². The molecule has 0 spiro atoms. The van der Waals surface area contributed by atoms with Crippen LogP contribution in [-0.2, 0) is 9.63 Å². The van der Waals surface area contributed by atoms with Crippen LogP contribution in [-0.4, -0.2) is 18.7 Å². The highest BCUT2D eigenvalue weighted by atomic mass is 79.9. The number of carbonyl (C=O) groups is 2. The van der Waals surface area contributed by atoms with Gasteiger partial charge in [-0.05, 0) is 30.3 Å². The molecule has 2 heterocycles. The number of halogens is 1. The molecule has 2 aliphatic rings. The minimum atomic E-state index is -0.641. The summed E-state index contributed by atoms with van der Waals surface area (Å²) in [5.74, 6) is -1.06. The maximum Gasteiger partial charge on any atom is 0.301 e. The van der Waals surface area contributed by atoms with Crippen molar-refractivity contribution in [3.63, 3.8) is 0 Å². The summed E-state index contributed by atoms with van der Waals surface area (Å²) in [5, 5.41) is 1.62. The van der Waals surface area contributed by atoms with Crippen molar-refractivity contribution in [3.05, 3.63) is 58.1 Å². The fraction of sp³-hybridized carbons (Fsp3) is 0.125. The smallest absolute Gasteiger partial charge is 0.283 e. The quantitative estimate of drug-likeness (QED) is 0.735. The lowest BCUT2D eigenvalue weighted by molar-refractivity contribution is -0.116. The first-order valence-corrected chi connectivity index (χ1v) is 7.54. The zero-order valence-electron chi connectivity index (χ0n) is 11.6. The first-order valence-electron chi connectivity index (χ1n) is 6.75. The minimum Gasteiger partial charge on any atom is -0.283 e. The minimum absolute atomic E-state index is 0.419. The summed E-state index contributed by atoms with van der Waals surface area (Å²) in [6.07, 6.45) is -0.641. The van der Waals surface area contributed by atoms with Gasteiger partial charge in [-0.1, -0.05) is 28.1 Å². The second kappa shape index (κ2) is 4.66. The fourth-order valence-corrected chi connectivity index (χ4v) is 3.28. The van der Waals surface area contributed by atoms with Crippen LogP contribution in [0.15, 0.2) is 46.9 Å². The summed E-state index contributed by atoms with van der Waals surface area (Å²) in [5.41, 5.74) is 2.72. The molecule has 22 heavy (non-hydrogen) atoms. The largest absolute Gasteiger partial charge is 0.301 e. The van der Waals surface area contributed by atoms with Crippen molar-refractivity contribution in [1.82, 2.24) is 0 Å². The van der Waals surface area contributed by atoms with Gasteiger partial charge in [0.05, 0.1) is 16.9 Å². The molecule has 110 valence electrons. The van der Waals surface area contributed by atoms with Gasteiger partial charge in [-0.15, -0.1) is 0 Å². The van der Waals surface area contributed by atoms with Gasteiger partial charge >= 0.3 is 5.91 Å². The van der Waals surface area contributed by atoms with Crippen molar-refractivity contribution in [1.29, 1.82) is 0 Å². The standard InChI is InChI=1S/C16H11BrN2O3/c1-18-12-7-6-9(17)8-11(12)16(22-18)19-13-5-3-2-4-10(13)14(20)15(19)21/h2-8,16H,1H3. The number of nitrogens with zero attached hydrogens (tertiary/aromatic N) is 2. The summed E-state index contributed by atoms with van der Waals surface area (Å²) < 4.78 is 0.890. The summed E-state index contributed by atoms with van der Waals surface area (Å²) in [6.45, 7) is 0. The fourth-order valence-electron chi connectivity index (χ4n) is 2.90. The van der Waals surface area contributed by atoms with E-state index in [-0.39, 0.29) is 0 Å². The number of benzene rings is 2. The Hall–Kier alpha value is -2.18. The number of rotatable bonds is 1. The number of para-hydroxylation sites is 1. The van der Waals surface area contributed by atoms with Gasteiger partial charge in [-0.25, -0.2) is 4.84 Å². The first kappa shape index (κ1) is 13.5. The molecule has 0 saturated heterocycles. The number of anilines is 2. The lowest BCUT2D eigenvalue weighted by Gasteiger charge is -2.24. The monoisotopic (exact) mass is 358 g/mol. The molecule has 2 aliphatic heterocycles. The summed E-state index contributed by atoms with van der Waals surface area (Å²) >= 11 is 3.44. The molecule has 1 amide bonds. The van der Waals surface area contributed by atoms with Crippen molar-refractivity contribution >= 4 is 39.0 Å². The number of hydroxylamine groups is 1. The predicted molar refractivity (Wildman–Crippen MR) is 84.6 cm³/mol. The van der Waals surface area contributed by atoms with E-state index in [1.807, 2.05) is 18.2 Å². The van der Waals surface area contributed by atoms with Crippen LogP contribution in [0, 0.1) is 0 Å². The van der Waals surface area contributed by atoms with Gasteiger partial charge in [0.2, 0.25) is 0 Å². The highest BCUT2D eigenvalue weighted by Gasteiger charge is 2.44. The second-order valence-corrected chi connectivity index (χ2v) is 6.10. The third-order valence-corrected chi connectivity index (χ3v) is 4.40. The third kappa shape index (κ3) is 1.74. The van der Waals surface area contributed by atoms with E-state index >= 15 is 0 Å². The predicted octanol–water partition coefficient (Wildman–Crippen LogP) is 3.06. The average Bonchev–Trinajstić information content (AvgIpc) is 2.95. The van der Waals surface area contributed by atoms with Gasteiger partial charge in [0.25, 0.3) is 5.78 Å². The highest BCUT2D eigenvalue weighted by molar-refractivity contribution is 9.10. The van der Waals surface area contributed by atoms with Crippen molar-refractivity contribution in [3.8, 4) is 0 Å². The van der Waals surface area contributed by atoms with Crippen LogP contribution in [0.2, 0.25) is 0 Å². The number of amides is 1. The molecular weight excluding hydrogens is 348 g/mol. The Bertz CT molecular complexity index is 821. The van der Waals surface area contributed by atoms with E-state index in [9.17, 15) is 9.59 Å². The van der Waals surface area contributed by atoms with E-state index in [1.165, 1.54) is 4.90 Å². The normalized spacial score (nSPS) is 19.6. The molecule has 4 rings (SSSR count). The summed E-state index contributed by atoms with van der Waals surface area (Å²) in [7, 11) is 1.78. The Kier molecular flexibility index (Phi) is 2.85. The van der Waals surface area contributed by atoms with E-state index in [4.69, 9.17) is 4.84 Å². The molecule has 2 aromatic rings. The molecule has 1 unspecified atom stereocenters. The van der Waals surface area contributed by atoms with Crippen molar-refractivity contribution < 1.29 is 14.4 Å². The Morgan fingerprint density at radius 1 is 1.09 bits per heavy atom.